The first kappa shape index (κ1) is 13.2. The lowest BCUT2D eigenvalue weighted by atomic mass is 10.2. The summed E-state index contributed by atoms with van der Waals surface area (Å²) in [6, 6.07) is 13.8. The van der Waals surface area contributed by atoms with Gasteiger partial charge in [0.15, 0.2) is 0 Å². The van der Waals surface area contributed by atoms with Crippen molar-refractivity contribution >= 4 is 10.9 Å². The summed E-state index contributed by atoms with van der Waals surface area (Å²) < 4.78 is 7.38. The van der Waals surface area contributed by atoms with Gasteiger partial charge >= 0.3 is 0 Å². The van der Waals surface area contributed by atoms with Gasteiger partial charge in [-0.15, -0.1) is 0 Å². The van der Waals surface area contributed by atoms with Crippen molar-refractivity contribution in [3.8, 4) is 11.8 Å². The maximum absolute atomic E-state index is 9.03. The van der Waals surface area contributed by atoms with Gasteiger partial charge in [-0.25, -0.2) is 0 Å². The van der Waals surface area contributed by atoms with Crippen LogP contribution in [0.15, 0.2) is 42.6 Å². The normalized spacial score (nSPS) is 10.5. The van der Waals surface area contributed by atoms with Gasteiger partial charge in [0.25, 0.3) is 0 Å². The second-order valence-corrected chi connectivity index (χ2v) is 4.97. The van der Waals surface area contributed by atoms with Crippen LogP contribution in [0, 0.1) is 18.3 Å². The van der Waals surface area contributed by atoms with Crippen molar-refractivity contribution in [3.05, 3.63) is 59.5 Å². The summed E-state index contributed by atoms with van der Waals surface area (Å²) >= 11 is 0. The zero-order chi connectivity index (χ0) is 14.8. The molecule has 0 atom stereocenters. The topological polar surface area (TPSA) is 50.8 Å². The molecule has 0 unspecified atom stereocenters. The van der Waals surface area contributed by atoms with Crippen molar-refractivity contribution in [2.45, 2.75) is 13.5 Å². The molecule has 0 fully saturated rings. The molecule has 0 radical (unpaired) electrons. The van der Waals surface area contributed by atoms with E-state index in [0.717, 1.165) is 28.0 Å². The molecule has 0 amide bonds. The standard InChI is InChI=1S/C17H15N3O/c1-12-7-16(21-2)9-15(19-12)11-20-6-5-14-4-3-13(10-18)8-17(14)20/h3-9H,11H2,1-2H3. The quantitative estimate of drug-likeness (QED) is 0.738. The Morgan fingerprint density at radius 1 is 1.24 bits per heavy atom. The Bertz CT molecular complexity index is 843. The van der Waals surface area contributed by atoms with Crippen LogP contribution < -0.4 is 4.74 Å². The summed E-state index contributed by atoms with van der Waals surface area (Å²) in [6.45, 7) is 2.60. The number of fused-ring (bicyclic) bond motifs is 1. The maximum atomic E-state index is 9.03. The van der Waals surface area contributed by atoms with Gasteiger partial charge < -0.3 is 9.30 Å². The van der Waals surface area contributed by atoms with E-state index >= 15 is 0 Å². The molecular formula is C17H15N3O. The smallest absolute Gasteiger partial charge is 0.122 e. The number of hydrogen-bond acceptors (Lipinski definition) is 3. The molecule has 2 aromatic heterocycles. The second-order valence-electron chi connectivity index (χ2n) is 4.97. The lowest BCUT2D eigenvalue weighted by Gasteiger charge is -2.08. The SMILES string of the molecule is COc1cc(C)nc(Cn2ccc3ccc(C#N)cc32)c1. The maximum Gasteiger partial charge on any atom is 0.122 e. The summed E-state index contributed by atoms with van der Waals surface area (Å²) in [5, 5.41) is 10.2. The number of aryl methyl sites for hydroxylation is 1. The first-order chi connectivity index (χ1) is 10.2. The Hall–Kier alpha value is -2.80. The lowest BCUT2D eigenvalue weighted by molar-refractivity contribution is 0.413. The van der Waals surface area contributed by atoms with Crippen LogP contribution >= 0.6 is 0 Å². The molecule has 1 aromatic carbocycles. The van der Waals surface area contributed by atoms with Gasteiger partial charge in [-0.2, -0.15) is 5.26 Å². The number of nitriles is 1. The Balaban J connectivity index is 2.02. The Morgan fingerprint density at radius 2 is 2.10 bits per heavy atom. The molecule has 104 valence electrons. The van der Waals surface area contributed by atoms with E-state index in [2.05, 4.69) is 15.6 Å². The summed E-state index contributed by atoms with van der Waals surface area (Å²) in [6.07, 6.45) is 2.02. The predicted octanol–water partition coefficient (Wildman–Crippen LogP) is 3.27. The molecule has 0 N–H and O–H groups in total. The first-order valence-corrected chi connectivity index (χ1v) is 6.70. The number of nitrogens with zero attached hydrogens (tertiary/aromatic N) is 3. The van der Waals surface area contributed by atoms with Crippen molar-refractivity contribution in [2.75, 3.05) is 7.11 Å². The van der Waals surface area contributed by atoms with E-state index in [-0.39, 0.29) is 0 Å². The van der Waals surface area contributed by atoms with E-state index in [1.165, 1.54) is 0 Å². The second kappa shape index (κ2) is 5.29. The molecule has 4 nitrogen and oxygen atoms in total. The zero-order valence-corrected chi connectivity index (χ0v) is 12.0. The van der Waals surface area contributed by atoms with Crippen LogP contribution in [-0.2, 0) is 6.54 Å². The summed E-state index contributed by atoms with van der Waals surface area (Å²) in [7, 11) is 1.66. The van der Waals surface area contributed by atoms with E-state index in [4.69, 9.17) is 10.00 Å². The molecular weight excluding hydrogens is 262 g/mol. The zero-order valence-electron chi connectivity index (χ0n) is 12.0. The van der Waals surface area contributed by atoms with E-state index in [0.29, 0.717) is 12.1 Å². The summed E-state index contributed by atoms with van der Waals surface area (Å²) in [4.78, 5) is 4.54. The number of pyridine rings is 1. The summed E-state index contributed by atoms with van der Waals surface area (Å²) in [5.74, 6) is 0.812. The monoisotopic (exact) mass is 277 g/mol. The minimum absolute atomic E-state index is 0.649. The van der Waals surface area contributed by atoms with Crippen LogP contribution in [0.5, 0.6) is 5.75 Å². The molecule has 4 heteroatoms. The molecule has 21 heavy (non-hydrogen) atoms. The largest absolute Gasteiger partial charge is 0.497 e. The van der Waals surface area contributed by atoms with Crippen molar-refractivity contribution in [2.24, 2.45) is 0 Å². The van der Waals surface area contributed by atoms with Crippen molar-refractivity contribution in [1.29, 1.82) is 5.26 Å². The highest BCUT2D eigenvalue weighted by Gasteiger charge is 2.06. The van der Waals surface area contributed by atoms with Crippen LogP contribution in [0.2, 0.25) is 0 Å². The fraction of sp³-hybridized carbons (Fsp3) is 0.176. The molecule has 0 aliphatic heterocycles. The number of aromatic nitrogens is 2. The molecule has 3 aromatic rings. The van der Waals surface area contributed by atoms with Gasteiger partial charge in [-0.1, -0.05) is 6.07 Å². The van der Waals surface area contributed by atoms with E-state index in [1.807, 2.05) is 49.5 Å². The molecule has 0 spiro atoms. The Morgan fingerprint density at radius 3 is 2.86 bits per heavy atom. The third-order valence-electron chi connectivity index (χ3n) is 3.45. The van der Waals surface area contributed by atoms with Crippen molar-refractivity contribution in [3.63, 3.8) is 0 Å². The van der Waals surface area contributed by atoms with E-state index in [9.17, 15) is 0 Å². The highest BCUT2D eigenvalue weighted by molar-refractivity contribution is 5.81. The number of hydrogen-bond donors (Lipinski definition) is 0. The van der Waals surface area contributed by atoms with Gasteiger partial charge in [0.2, 0.25) is 0 Å². The average Bonchev–Trinajstić information content (AvgIpc) is 2.88. The third-order valence-corrected chi connectivity index (χ3v) is 3.45. The van der Waals surface area contributed by atoms with Gasteiger partial charge in [-0.05, 0) is 30.5 Å². The number of ether oxygens (including phenoxy) is 1. The fourth-order valence-corrected chi connectivity index (χ4v) is 2.47. The lowest BCUT2D eigenvalue weighted by Crippen LogP contribution is -2.02. The predicted molar refractivity (Wildman–Crippen MR) is 81.3 cm³/mol. The van der Waals surface area contributed by atoms with Crippen molar-refractivity contribution < 1.29 is 4.74 Å². The fourth-order valence-electron chi connectivity index (χ4n) is 2.47. The van der Waals surface area contributed by atoms with Gasteiger partial charge in [0, 0.05) is 29.5 Å². The molecule has 3 rings (SSSR count). The van der Waals surface area contributed by atoms with Crippen LogP contribution in [0.4, 0.5) is 0 Å². The van der Waals surface area contributed by atoms with Crippen LogP contribution in [0.25, 0.3) is 10.9 Å². The van der Waals surface area contributed by atoms with Crippen molar-refractivity contribution in [1.82, 2.24) is 9.55 Å². The van der Waals surface area contributed by atoms with E-state index in [1.54, 1.807) is 7.11 Å². The minimum Gasteiger partial charge on any atom is -0.497 e. The van der Waals surface area contributed by atoms with Gasteiger partial charge in [0.1, 0.15) is 5.75 Å². The Kier molecular flexibility index (Phi) is 3.33. The highest BCUT2D eigenvalue weighted by Crippen LogP contribution is 2.20. The van der Waals surface area contributed by atoms with E-state index < -0.39 is 0 Å². The van der Waals surface area contributed by atoms with Gasteiger partial charge in [0.05, 0.1) is 31.0 Å². The van der Waals surface area contributed by atoms with Gasteiger partial charge in [-0.3, -0.25) is 4.98 Å². The number of benzene rings is 1. The average molecular weight is 277 g/mol. The minimum atomic E-state index is 0.649. The highest BCUT2D eigenvalue weighted by atomic mass is 16.5. The Labute approximate surface area is 123 Å². The summed E-state index contributed by atoms with van der Waals surface area (Å²) in [5.41, 5.74) is 3.57. The van der Waals surface area contributed by atoms with Crippen LogP contribution in [0.3, 0.4) is 0 Å². The molecule has 0 saturated heterocycles. The number of methoxy groups -OCH3 is 1. The molecule has 0 aliphatic carbocycles. The number of rotatable bonds is 3. The first-order valence-electron chi connectivity index (χ1n) is 6.70. The molecule has 0 bridgehead atoms. The third kappa shape index (κ3) is 2.59. The van der Waals surface area contributed by atoms with Crippen LogP contribution in [0.1, 0.15) is 17.0 Å². The molecule has 2 heterocycles. The molecule has 0 aliphatic rings. The molecule has 0 saturated carbocycles. The van der Waals surface area contributed by atoms with Crippen LogP contribution in [-0.4, -0.2) is 16.7 Å².